The third kappa shape index (κ3) is 3.96. The minimum Gasteiger partial charge on any atom is -0.352 e. The highest BCUT2D eigenvalue weighted by Crippen LogP contribution is 2.21. The standard InChI is InChI=1S/C13H14ClN3OS/c14-12-6-5-11(19-12)7-8-16-13(18)9-1-3-10(17-15)4-2-9/h1-6,17H,7-8,15H2,(H,16,18). The quantitative estimate of drug-likeness (QED) is 0.587. The molecule has 0 saturated heterocycles. The number of carbonyl (C=O) groups excluding carboxylic acids is 1. The summed E-state index contributed by atoms with van der Waals surface area (Å²) in [6.07, 6.45) is 0.783. The van der Waals surface area contributed by atoms with Crippen molar-refractivity contribution < 1.29 is 4.79 Å². The number of nitrogens with two attached hydrogens (primary N) is 1. The van der Waals surface area contributed by atoms with E-state index >= 15 is 0 Å². The molecule has 2 rings (SSSR count). The predicted octanol–water partition coefficient (Wildman–Crippen LogP) is 2.66. The number of rotatable bonds is 5. The molecule has 0 unspecified atom stereocenters. The van der Waals surface area contributed by atoms with Crippen LogP contribution in [0.2, 0.25) is 4.34 Å². The van der Waals surface area contributed by atoms with Gasteiger partial charge in [-0.25, -0.2) is 0 Å². The minimum atomic E-state index is -0.0915. The number of benzene rings is 1. The van der Waals surface area contributed by atoms with E-state index in [9.17, 15) is 4.79 Å². The second-order valence-electron chi connectivity index (χ2n) is 3.93. The van der Waals surface area contributed by atoms with Crippen molar-refractivity contribution in [2.24, 2.45) is 5.84 Å². The molecule has 4 nitrogen and oxygen atoms in total. The Kier molecular flexibility index (Phi) is 4.79. The number of hydrogen-bond donors (Lipinski definition) is 3. The third-order valence-corrected chi connectivity index (χ3v) is 3.89. The monoisotopic (exact) mass is 295 g/mol. The Morgan fingerprint density at radius 1 is 1.21 bits per heavy atom. The summed E-state index contributed by atoms with van der Waals surface area (Å²) in [6, 6.07) is 10.8. The number of amides is 1. The molecule has 1 amide bonds. The summed E-state index contributed by atoms with van der Waals surface area (Å²) in [7, 11) is 0. The Balaban J connectivity index is 1.83. The SMILES string of the molecule is NNc1ccc(C(=O)NCCc2ccc(Cl)s2)cc1. The number of carbonyl (C=O) groups is 1. The van der Waals surface area contributed by atoms with Crippen molar-refractivity contribution in [2.75, 3.05) is 12.0 Å². The van der Waals surface area contributed by atoms with Gasteiger partial charge >= 0.3 is 0 Å². The molecule has 1 aromatic carbocycles. The molecule has 1 aromatic heterocycles. The van der Waals surface area contributed by atoms with E-state index in [4.69, 9.17) is 17.4 Å². The third-order valence-electron chi connectivity index (χ3n) is 2.60. The maximum absolute atomic E-state index is 11.9. The first-order chi connectivity index (χ1) is 9.19. The Hall–Kier alpha value is -1.56. The minimum absolute atomic E-state index is 0.0915. The highest BCUT2D eigenvalue weighted by atomic mass is 35.5. The van der Waals surface area contributed by atoms with Gasteiger partial charge in [0.2, 0.25) is 0 Å². The van der Waals surface area contributed by atoms with Crippen molar-refractivity contribution in [1.82, 2.24) is 5.32 Å². The average molecular weight is 296 g/mol. The van der Waals surface area contributed by atoms with Gasteiger partial charge in [-0.2, -0.15) is 0 Å². The lowest BCUT2D eigenvalue weighted by molar-refractivity contribution is 0.0954. The van der Waals surface area contributed by atoms with Crippen LogP contribution in [0.25, 0.3) is 0 Å². The molecule has 0 saturated carbocycles. The highest BCUT2D eigenvalue weighted by Gasteiger charge is 2.05. The number of anilines is 1. The molecule has 4 N–H and O–H groups in total. The molecule has 0 aliphatic carbocycles. The summed E-state index contributed by atoms with van der Waals surface area (Å²) < 4.78 is 0.770. The number of hydrazine groups is 1. The summed E-state index contributed by atoms with van der Waals surface area (Å²) in [4.78, 5) is 13.0. The molecule has 0 radical (unpaired) electrons. The van der Waals surface area contributed by atoms with E-state index in [-0.39, 0.29) is 5.91 Å². The number of thiophene rings is 1. The van der Waals surface area contributed by atoms with Crippen LogP contribution in [0.1, 0.15) is 15.2 Å². The molecule has 2 aromatic rings. The van der Waals surface area contributed by atoms with Crippen LogP contribution in [0.15, 0.2) is 36.4 Å². The maximum atomic E-state index is 11.9. The van der Waals surface area contributed by atoms with Gasteiger partial charge in [0.1, 0.15) is 0 Å². The van der Waals surface area contributed by atoms with Crippen LogP contribution >= 0.6 is 22.9 Å². The fourth-order valence-electron chi connectivity index (χ4n) is 1.61. The van der Waals surface area contributed by atoms with Crippen molar-refractivity contribution in [3.8, 4) is 0 Å². The van der Waals surface area contributed by atoms with Crippen molar-refractivity contribution in [3.63, 3.8) is 0 Å². The summed E-state index contributed by atoms with van der Waals surface area (Å²) >= 11 is 7.37. The van der Waals surface area contributed by atoms with Gasteiger partial charge in [-0.1, -0.05) is 11.6 Å². The lowest BCUT2D eigenvalue weighted by Crippen LogP contribution is -2.25. The van der Waals surface area contributed by atoms with Crippen LogP contribution < -0.4 is 16.6 Å². The fraction of sp³-hybridized carbons (Fsp3) is 0.154. The fourth-order valence-corrected chi connectivity index (χ4v) is 2.69. The van der Waals surface area contributed by atoms with Gasteiger partial charge in [0.15, 0.2) is 0 Å². The van der Waals surface area contributed by atoms with Crippen LogP contribution in [-0.2, 0) is 6.42 Å². The van der Waals surface area contributed by atoms with Gasteiger partial charge in [-0.15, -0.1) is 11.3 Å². The molecular weight excluding hydrogens is 282 g/mol. The lowest BCUT2D eigenvalue weighted by atomic mass is 10.2. The smallest absolute Gasteiger partial charge is 0.251 e. The molecule has 0 atom stereocenters. The van der Waals surface area contributed by atoms with Crippen LogP contribution in [0, 0.1) is 0 Å². The second kappa shape index (κ2) is 6.56. The van der Waals surface area contributed by atoms with E-state index < -0.39 is 0 Å². The van der Waals surface area contributed by atoms with Gasteiger partial charge in [-0.3, -0.25) is 10.6 Å². The molecule has 1 heterocycles. The van der Waals surface area contributed by atoms with Gasteiger partial charge in [0, 0.05) is 22.7 Å². The van der Waals surface area contributed by atoms with Crippen molar-refractivity contribution in [3.05, 3.63) is 51.2 Å². The van der Waals surface area contributed by atoms with Crippen molar-refractivity contribution >= 4 is 34.5 Å². The molecule has 0 aliphatic heterocycles. The first-order valence-electron chi connectivity index (χ1n) is 5.78. The number of nitrogens with one attached hydrogen (secondary N) is 2. The summed E-state index contributed by atoms with van der Waals surface area (Å²) in [5, 5.41) is 2.87. The molecule has 100 valence electrons. The first kappa shape index (κ1) is 13.9. The van der Waals surface area contributed by atoms with Crippen LogP contribution in [0.3, 0.4) is 0 Å². The topological polar surface area (TPSA) is 67.1 Å². The Bertz CT molecular complexity index is 553. The van der Waals surface area contributed by atoms with Crippen LogP contribution in [0.5, 0.6) is 0 Å². The summed E-state index contributed by atoms with van der Waals surface area (Å²) in [5.74, 6) is 5.17. The van der Waals surface area contributed by atoms with E-state index in [1.807, 2.05) is 12.1 Å². The molecule has 0 aliphatic rings. The van der Waals surface area contributed by atoms with Gasteiger partial charge < -0.3 is 10.7 Å². The zero-order valence-corrected chi connectivity index (χ0v) is 11.7. The Morgan fingerprint density at radius 2 is 1.95 bits per heavy atom. The molecular formula is C13H14ClN3OS. The zero-order valence-electron chi connectivity index (χ0n) is 10.2. The van der Waals surface area contributed by atoms with Gasteiger partial charge in [-0.05, 0) is 42.8 Å². The molecule has 19 heavy (non-hydrogen) atoms. The number of nitrogen functional groups attached to an aromatic ring is 1. The average Bonchev–Trinajstić information content (AvgIpc) is 2.84. The van der Waals surface area contributed by atoms with Crippen molar-refractivity contribution in [2.45, 2.75) is 6.42 Å². The second-order valence-corrected chi connectivity index (χ2v) is 5.73. The lowest BCUT2D eigenvalue weighted by Gasteiger charge is -2.05. The number of hydrogen-bond acceptors (Lipinski definition) is 4. The Labute approximate surface area is 120 Å². The van der Waals surface area contributed by atoms with E-state index in [1.165, 1.54) is 11.3 Å². The molecule has 6 heteroatoms. The van der Waals surface area contributed by atoms with E-state index in [0.717, 1.165) is 21.3 Å². The highest BCUT2D eigenvalue weighted by molar-refractivity contribution is 7.16. The van der Waals surface area contributed by atoms with E-state index in [1.54, 1.807) is 24.3 Å². The maximum Gasteiger partial charge on any atom is 0.251 e. The van der Waals surface area contributed by atoms with Gasteiger partial charge in [0.05, 0.1) is 4.34 Å². The predicted molar refractivity (Wildman–Crippen MR) is 79.6 cm³/mol. The van der Waals surface area contributed by atoms with Crippen LogP contribution in [0.4, 0.5) is 5.69 Å². The molecule has 0 bridgehead atoms. The normalized spacial score (nSPS) is 10.2. The number of halogens is 1. The Morgan fingerprint density at radius 3 is 2.53 bits per heavy atom. The summed E-state index contributed by atoms with van der Waals surface area (Å²) in [5.41, 5.74) is 3.90. The van der Waals surface area contributed by atoms with Crippen LogP contribution in [-0.4, -0.2) is 12.5 Å². The first-order valence-corrected chi connectivity index (χ1v) is 6.97. The molecule has 0 fully saturated rings. The van der Waals surface area contributed by atoms with E-state index in [0.29, 0.717) is 12.1 Å². The largest absolute Gasteiger partial charge is 0.352 e. The van der Waals surface area contributed by atoms with Crippen molar-refractivity contribution in [1.29, 1.82) is 0 Å². The zero-order chi connectivity index (χ0) is 13.7. The summed E-state index contributed by atoms with van der Waals surface area (Å²) in [6.45, 7) is 0.590. The molecule has 0 spiro atoms. The van der Waals surface area contributed by atoms with E-state index in [2.05, 4.69) is 10.7 Å². The van der Waals surface area contributed by atoms with Gasteiger partial charge in [0.25, 0.3) is 5.91 Å².